The van der Waals surface area contributed by atoms with Gasteiger partial charge < -0.3 is 0 Å². The van der Waals surface area contributed by atoms with Crippen LogP contribution in [0, 0.1) is 17.8 Å². The molecule has 0 spiro atoms. The Morgan fingerprint density at radius 2 is 1.40 bits per heavy atom. The van der Waals surface area contributed by atoms with Crippen LogP contribution in [0.1, 0.15) is 147 Å². The fourth-order valence-corrected chi connectivity index (χ4v) is 8.99. The molecule has 3 aromatic carbocycles. The Labute approximate surface area is 246 Å². The van der Waals surface area contributed by atoms with Crippen molar-refractivity contribution < 1.29 is 0 Å². The van der Waals surface area contributed by atoms with E-state index in [0.29, 0.717) is 0 Å². The molecule has 0 heterocycles. The molecule has 0 aliphatic heterocycles. The highest BCUT2D eigenvalue weighted by molar-refractivity contribution is 6.04. The first-order chi connectivity index (χ1) is 19.0. The molecule has 0 heteroatoms. The molecule has 0 nitrogen and oxygen atoms in total. The summed E-state index contributed by atoms with van der Waals surface area (Å²) in [5, 5.41) is 3.01. The van der Waals surface area contributed by atoms with Crippen LogP contribution in [0.5, 0.6) is 0 Å². The van der Waals surface area contributed by atoms with Gasteiger partial charge in [-0.2, -0.15) is 0 Å². The maximum Gasteiger partial charge on any atom is 0.0159 e. The van der Waals surface area contributed by atoms with Crippen LogP contribution in [0.4, 0.5) is 0 Å². The van der Waals surface area contributed by atoms with Crippen LogP contribution in [0.2, 0.25) is 0 Å². The minimum Gasteiger partial charge on any atom is -0.0776 e. The minimum atomic E-state index is 0. The van der Waals surface area contributed by atoms with Crippen molar-refractivity contribution in [3.63, 3.8) is 0 Å². The van der Waals surface area contributed by atoms with Gasteiger partial charge in [-0.15, -0.1) is 0 Å². The number of rotatable bonds is 8. The summed E-state index contributed by atoms with van der Waals surface area (Å²) in [6.45, 7) is 9.61. The lowest BCUT2D eigenvalue weighted by Gasteiger charge is -2.39. The molecule has 0 unspecified atom stereocenters. The first-order valence-corrected chi connectivity index (χ1v) is 16.7. The summed E-state index contributed by atoms with van der Waals surface area (Å²) in [4.78, 5) is 0. The molecular weight excluding hydrogens is 480 g/mol. The van der Waals surface area contributed by atoms with Crippen LogP contribution in [0.3, 0.4) is 0 Å². The van der Waals surface area contributed by atoms with Crippen molar-refractivity contribution in [2.75, 3.05) is 0 Å². The minimum absolute atomic E-state index is 0. The van der Waals surface area contributed by atoms with E-state index in [1.54, 1.807) is 11.1 Å². The topological polar surface area (TPSA) is 0 Å². The number of benzene rings is 3. The highest BCUT2D eigenvalue weighted by atomic mass is 14.4. The average molecular weight is 537 g/mol. The lowest BCUT2D eigenvalue weighted by molar-refractivity contribution is 0.156. The second-order valence-electron chi connectivity index (χ2n) is 14.1. The number of unbranched alkanes of at least 4 members (excludes halogenated alkanes) is 2. The highest BCUT2D eigenvalue weighted by Gasteiger charge is 2.35. The molecule has 0 N–H and O–H groups in total. The predicted molar refractivity (Wildman–Crippen MR) is 177 cm³/mol. The van der Waals surface area contributed by atoms with Crippen molar-refractivity contribution in [3.8, 4) is 11.1 Å². The van der Waals surface area contributed by atoms with Crippen molar-refractivity contribution in [3.05, 3.63) is 70.8 Å². The molecule has 0 atom stereocenters. The van der Waals surface area contributed by atoms with Gasteiger partial charge in [0.15, 0.2) is 0 Å². The maximum atomic E-state index is 2.63. The molecular formula is C40H56. The molecule has 0 bridgehead atoms. The smallest absolute Gasteiger partial charge is 0.0159 e. The third kappa shape index (κ3) is 5.42. The Morgan fingerprint density at radius 3 is 2.10 bits per heavy atom. The van der Waals surface area contributed by atoms with Crippen molar-refractivity contribution in [1.29, 1.82) is 0 Å². The van der Waals surface area contributed by atoms with Crippen LogP contribution in [0.25, 0.3) is 21.9 Å². The molecule has 3 aliphatic rings. The Bertz CT molecular complexity index is 1280. The van der Waals surface area contributed by atoms with Crippen LogP contribution in [-0.2, 0) is 11.8 Å². The van der Waals surface area contributed by atoms with E-state index in [-0.39, 0.29) is 12.8 Å². The van der Waals surface area contributed by atoms with Gasteiger partial charge in [-0.1, -0.05) is 122 Å². The van der Waals surface area contributed by atoms with Gasteiger partial charge >= 0.3 is 0 Å². The zero-order chi connectivity index (χ0) is 27.0. The first-order valence-electron chi connectivity index (χ1n) is 16.7. The Morgan fingerprint density at radius 1 is 0.700 bits per heavy atom. The van der Waals surface area contributed by atoms with Gasteiger partial charge in [0.05, 0.1) is 0 Å². The van der Waals surface area contributed by atoms with Crippen molar-refractivity contribution in [2.45, 2.75) is 136 Å². The van der Waals surface area contributed by atoms with Gasteiger partial charge in [-0.3, -0.25) is 0 Å². The molecule has 40 heavy (non-hydrogen) atoms. The molecule has 0 aromatic heterocycles. The van der Waals surface area contributed by atoms with Gasteiger partial charge in [-0.25, -0.2) is 0 Å². The molecule has 2 fully saturated rings. The van der Waals surface area contributed by atoms with Gasteiger partial charge in [0.2, 0.25) is 0 Å². The van der Waals surface area contributed by atoms with Crippen LogP contribution >= 0.6 is 0 Å². The third-order valence-electron chi connectivity index (χ3n) is 11.4. The summed E-state index contributed by atoms with van der Waals surface area (Å²) in [6.07, 6.45) is 19.7. The van der Waals surface area contributed by atoms with Gasteiger partial charge in [-0.05, 0) is 119 Å². The number of hydrogen-bond donors (Lipinski definition) is 0. The fourth-order valence-electron chi connectivity index (χ4n) is 8.99. The van der Waals surface area contributed by atoms with Gasteiger partial charge in [0.1, 0.15) is 0 Å². The molecule has 0 radical (unpaired) electrons. The average Bonchev–Trinajstić information content (AvgIpc) is 2.97. The lowest BCUT2D eigenvalue weighted by Crippen LogP contribution is -2.26. The monoisotopic (exact) mass is 536 g/mol. The number of hydrogen-bond acceptors (Lipinski definition) is 0. The molecule has 3 aromatic rings. The number of aryl methyl sites for hydroxylation is 1. The second kappa shape index (κ2) is 12.4. The van der Waals surface area contributed by atoms with Crippen LogP contribution in [-0.4, -0.2) is 0 Å². The van der Waals surface area contributed by atoms with E-state index in [2.05, 4.69) is 76.2 Å². The van der Waals surface area contributed by atoms with Crippen molar-refractivity contribution in [1.82, 2.24) is 0 Å². The summed E-state index contributed by atoms with van der Waals surface area (Å²) in [7, 11) is 0. The van der Waals surface area contributed by atoms with E-state index in [9.17, 15) is 0 Å². The molecule has 0 amide bonds. The Kier molecular flexibility index (Phi) is 9.14. The highest BCUT2D eigenvalue weighted by Crippen LogP contribution is 2.51. The zero-order valence-electron chi connectivity index (χ0n) is 25.3. The summed E-state index contributed by atoms with van der Waals surface area (Å²) < 4.78 is 0. The standard InChI is InChI=1S/C39H52.CH4/c1-5-7-8-11-31-22-25-35-34-24-23-32(26-37(34)39(3,4)36-13-9-12-33(31)38(35)36)30-20-18-29(19-21-30)28-16-14-27(10-6-2)15-17-28;/h9,12-13,22-30H,5-8,10-11,14-21H2,1-4H3;1H4. The Balaban J connectivity index is 0.00000323. The van der Waals surface area contributed by atoms with Gasteiger partial charge in [0, 0.05) is 5.41 Å². The summed E-state index contributed by atoms with van der Waals surface area (Å²) in [6, 6.07) is 19.6. The van der Waals surface area contributed by atoms with E-state index >= 15 is 0 Å². The summed E-state index contributed by atoms with van der Waals surface area (Å²) >= 11 is 0. The summed E-state index contributed by atoms with van der Waals surface area (Å²) in [5.74, 6) is 3.79. The zero-order valence-corrected chi connectivity index (χ0v) is 25.3. The molecule has 216 valence electrons. The van der Waals surface area contributed by atoms with E-state index < -0.39 is 0 Å². The lowest BCUT2D eigenvalue weighted by atomic mass is 9.66. The molecule has 6 rings (SSSR count). The Hall–Kier alpha value is -2.08. The quantitative estimate of drug-likeness (QED) is 0.251. The second-order valence-corrected chi connectivity index (χ2v) is 14.1. The van der Waals surface area contributed by atoms with Crippen LogP contribution < -0.4 is 0 Å². The van der Waals surface area contributed by atoms with E-state index in [0.717, 1.165) is 23.7 Å². The van der Waals surface area contributed by atoms with E-state index in [1.165, 1.54) is 123 Å². The predicted octanol–water partition coefficient (Wildman–Crippen LogP) is 12.4. The maximum absolute atomic E-state index is 2.63. The largest absolute Gasteiger partial charge is 0.0776 e. The molecule has 2 saturated carbocycles. The van der Waals surface area contributed by atoms with E-state index in [1.807, 2.05) is 0 Å². The number of fused-ring (bicyclic) bond motifs is 2. The van der Waals surface area contributed by atoms with Gasteiger partial charge in [0.25, 0.3) is 0 Å². The van der Waals surface area contributed by atoms with Crippen LogP contribution in [0.15, 0.2) is 48.5 Å². The normalized spacial score (nSPS) is 25.3. The van der Waals surface area contributed by atoms with Crippen molar-refractivity contribution >= 4 is 10.8 Å². The van der Waals surface area contributed by atoms with Crippen molar-refractivity contribution in [2.24, 2.45) is 17.8 Å². The SMILES string of the molecule is C.CCCCCc1ccc2c3c(cccc13)C(C)(C)c1cc(C3CCC(C4CCC(CCC)CC4)CC3)ccc1-2. The first kappa shape index (κ1) is 29.4. The fraction of sp³-hybridized carbons (Fsp3) is 0.600. The molecule has 0 saturated heterocycles. The third-order valence-corrected chi connectivity index (χ3v) is 11.4. The van der Waals surface area contributed by atoms with E-state index in [4.69, 9.17) is 0 Å². The summed E-state index contributed by atoms with van der Waals surface area (Å²) in [5.41, 5.74) is 9.20. The molecule has 3 aliphatic carbocycles.